The van der Waals surface area contributed by atoms with Crippen molar-refractivity contribution in [1.29, 1.82) is 0 Å². The fourth-order valence-electron chi connectivity index (χ4n) is 2.52. The smallest absolute Gasteiger partial charge is 0.264 e. The molecule has 2 amide bonds. The molecule has 0 saturated carbocycles. The minimum absolute atomic E-state index is 0.196. The lowest BCUT2D eigenvalue weighted by molar-refractivity contribution is -0.122. The molecule has 2 aliphatic heterocycles. The van der Waals surface area contributed by atoms with E-state index >= 15 is 0 Å². The van der Waals surface area contributed by atoms with E-state index in [-0.39, 0.29) is 11.8 Å². The lowest BCUT2D eigenvalue weighted by atomic mass is 9.90. The number of amides is 2. The Balaban J connectivity index is 2.07. The fourth-order valence-corrected chi connectivity index (χ4v) is 2.52. The molecule has 1 aromatic rings. The van der Waals surface area contributed by atoms with Gasteiger partial charge >= 0.3 is 0 Å². The van der Waals surface area contributed by atoms with Crippen LogP contribution in [0.4, 0.5) is 5.69 Å². The Morgan fingerprint density at radius 3 is 2.83 bits per heavy atom. The summed E-state index contributed by atoms with van der Waals surface area (Å²) in [5, 5.41) is 7.82. The van der Waals surface area contributed by atoms with E-state index in [0.29, 0.717) is 12.2 Å². The molecule has 0 spiro atoms. The Morgan fingerprint density at radius 2 is 2.17 bits per heavy atom. The summed E-state index contributed by atoms with van der Waals surface area (Å²) in [6.45, 7) is 3.92. The largest absolute Gasteiger partial charge is 0.274 e. The lowest BCUT2D eigenvalue weighted by Crippen LogP contribution is -2.37. The highest BCUT2D eigenvalue weighted by Gasteiger charge is 2.59. The third-order valence-corrected chi connectivity index (χ3v) is 3.64. The molecule has 0 unspecified atom stereocenters. The van der Waals surface area contributed by atoms with Crippen molar-refractivity contribution in [3.05, 3.63) is 29.8 Å². The van der Waals surface area contributed by atoms with E-state index in [4.69, 9.17) is 0 Å². The maximum atomic E-state index is 12.4. The molecule has 0 aromatic heterocycles. The molecule has 0 radical (unpaired) electrons. The van der Waals surface area contributed by atoms with Gasteiger partial charge in [-0.05, 0) is 31.5 Å². The molecule has 1 aromatic carbocycles. The molecular formula is C13H13N3O2. The molecule has 0 N–H and O–H groups in total. The summed E-state index contributed by atoms with van der Waals surface area (Å²) in [4.78, 5) is 25.9. The van der Waals surface area contributed by atoms with Gasteiger partial charge < -0.3 is 0 Å². The van der Waals surface area contributed by atoms with Crippen molar-refractivity contribution in [2.45, 2.75) is 19.4 Å². The first-order valence-corrected chi connectivity index (χ1v) is 5.88. The van der Waals surface area contributed by atoms with Crippen molar-refractivity contribution >= 4 is 17.5 Å². The summed E-state index contributed by atoms with van der Waals surface area (Å²) in [7, 11) is 0. The van der Waals surface area contributed by atoms with Crippen LogP contribution in [0.5, 0.6) is 0 Å². The van der Waals surface area contributed by atoms with Crippen LogP contribution in [0.1, 0.15) is 12.5 Å². The molecule has 92 valence electrons. The van der Waals surface area contributed by atoms with E-state index in [0.717, 1.165) is 5.56 Å². The van der Waals surface area contributed by atoms with E-state index in [2.05, 4.69) is 10.2 Å². The average molecular weight is 243 g/mol. The molecule has 2 atom stereocenters. The zero-order valence-corrected chi connectivity index (χ0v) is 10.3. The summed E-state index contributed by atoms with van der Waals surface area (Å²) < 4.78 is 0. The van der Waals surface area contributed by atoms with Crippen LogP contribution in [0.25, 0.3) is 0 Å². The standard InChI is InChI=1S/C13H13N3O2/c1-8-4-3-5-9(6-8)16-11(17)10-7-14-15-13(10,2)12(16)18/h3-6,10H,7H2,1-2H3/t10-,13-/m1/s1. The van der Waals surface area contributed by atoms with Crippen molar-refractivity contribution in [3.8, 4) is 0 Å². The molecule has 0 bridgehead atoms. The van der Waals surface area contributed by atoms with Crippen LogP contribution in [0.15, 0.2) is 34.5 Å². The first-order chi connectivity index (χ1) is 8.54. The molecule has 3 rings (SSSR count). The van der Waals surface area contributed by atoms with Crippen molar-refractivity contribution < 1.29 is 9.59 Å². The van der Waals surface area contributed by atoms with Crippen LogP contribution in [0.3, 0.4) is 0 Å². The van der Waals surface area contributed by atoms with Crippen molar-refractivity contribution in [2.75, 3.05) is 11.4 Å². The lowest BCUT2D eigenvalue weighted by Gasteiger charge is -2.17. The van der Waals surface area contributed by atoms with Crippen LogP contribution < -0.4 is 4.90 Å². The quantitative estimate of drug-likeness (QED) is 0.705. The number of carbonyl (C=O) groups excluding carboxylic acids is 2. The molecule has 5 nitrogen and oxygen atoms in total. The van der Waals surface area contributed by atoms with Gasteiger partial charge in [-0.1, -0.05) is 12.1 Å². The monoisotopic (exact) mass is 243 g/mol. The summed E-state index contributed by atoms with van der Waals surface area (Å²) in [5.74, 6) is -0.909. The number of hydrogen-bond donors (Lipinski definition) is 0. The second-order valence-corrected chi connectivity index (χ2v) is 4.94. The van der Waals surface area contributed by atoms with Crippen LogP contribution in [0, 0.1) is 12.8 Å². The molecule has 2 aliphatic rings. The minimum Gasteiger partial charge on any atom is -0.274 e. The zero-order valence-electron chi connectivity index (χ0n) is 10.3. The van der Waals surface area contributed by atoms with Gasteiger partial charge in [0.05, 0.1) is 18.2 Å². The van der Waals surface area contributed by atoms with Crippen LogP contribution in [0.2, 0.25) is 0 Å². The van der Waals surface area contributed by atoms with Crippen molar-refractivity contribution in [1.82, 2.24) is 0 Å². The molecular weight excluding hydrogens is 230 g/mol. The summed E-state index contributed by atoms with van der Waals surface area (Å²) in [6.07, 6.45) is 0. The molecule has 0 aliphatic carbocycles. The van der Waals surface area contributed by atoms with Gasteiger partial charge in [-0.25, -0.2) is 4.90 Å². The number of benzene rings is 1. The Bertz CT molecular complexity index is 581. The number of rotatable bonds is 1. The Morgan fingerprint density at radius 1 is 1.39 bits per heavy atom. The third kappa shape index (κ3) is 1.27. The number of azo groups is 1. The number of carbonyl (C=O) groups is 2. The maximum Gasteiger partial charge on any atom is 0.264 e. The van der Waals surface area contributed by atoms with Gasteiger partial charge in [-0.15, -0.1) is 0 Å². The van der Waals surface area contributed by atoms with Gasteiger partial charge in [0, 0.05) is 0 Å². The predicted octanol–water partition coefficient (Wildman–Crippen LogP) is 1.71. The second kappa shape index (κ2) is 3.48. The highest BCUT2D eigenvalue weighted by atomic mass is 16.2. The third-order valence-electron chi connectivity index (χ3n) is 3.64. The first-order valence-electron chi connectivity index (χ1n) is 5.88. The van der Waals surface area contributed by atoms with E-state index in [9.17, 15) is 9.59 Å². The normalized spacial score (nSPS) is 30.1. The molecule has 1 saturated heterocycles. The highest BCUT2D eigenvalue weighted by molar-refractivity contribution is 6.25. The van der Waals surface area contributed by atoms with Crippen LogP contribution >= 0.6 is 0 Å². The Labute approximate surface area is 105 Å². The Hall–Kier alpha value is -2.04. The molecule has 2 heterocycles. The number of anilines is 1. The SMILES string of the molecule is Cc1cccc(N2C(=O)[C@H]3CN=N[C@@]3(C)C2=O)c1. The molecule has 5 heteroatoms. The summed E-state index contributed by atoms with van der Waals surface area (Å²) in [5.41, 5.74) is 0.633. The van der Waals surface area contributed by atoms with Gasteiger partial charge in [0.25, 0.3) is 5.91 Å². The zero-order chi connectivity index (χ0) is 12.9. The molecule has 1 fully saturated rings. The Kier molecular flexibility index (Phi) is 2.14. The van der Waals surface area contributed by atoms with Gasteiger partial charge in [0.15, 0.2) is 5.54 Å². The van der Waals surface area contributed by atoms with Crippen molar-refractivity contribution in [3.63, 3.8) is 0 Å². The van der Waals surface area contributed by atoms with E-state index < -0.39 is 11.5 Å². The number of fused-ring (bicyclic) bond motifs is 1. The minimum atomic E-state index is -0.999. The number of hydrogen-bond acceptors (Lipinski definition) is 4. The summed E-state index contributed by atoms with van der Waals surface area (Å²) >= 11 is 0. The number of nitrogens with zero attached hydrogens (tertiary/aromatic N) is 3. The van der Waals surface area contributed by atoms with Crippen LogP contribution in [-0.2, 0) is 9.59 Å². The second-order valence-electron chi connectivity index (χ2n) is 4.94. The highest BCUT2D eigenvalue weighted by Crippen LogP contribution is 2.40. The van der Waals surface area contributed by atoms with E-state index in [1.165, 1.54) is 4.90 Å². The van der Waals surface area contributed by atoms with Gasteiger partial charge in [-0.3, -0.25) is 9.59 Å². The maximum absolute atomic E-state index is 12.4. The van der Waals surface area contributed by atoms with Gasteiger partial charge in [0.1, 0.15) is 0 Å². The number of imide groups is 1. The van der Waals surface area contributed by atoms with Gasteiger partial charge in [-0.2, -0.15) is 10.2 Å². The van der Waals surface area contributed by atoms with E-state index in [1.807, 2.05) is 25.1 Å². The number of aryl methyl sites for hydroxylation is 1. The van der Waals surface area contributed by atoms with E-state index in [1.54, 1.807) is 13.0 Å². The average Bonchev–Trinajstić information content (AvgIpc) is 2.79. The molecule has 18 heavy (non-hydrogen) atoms. The van der Waals surface area contributed by atoms with Crippen LogP contribution in [-0.4, -0.2) is 23.9 Å². The fraction of sp³-hybridized carbons (Fsp3) is 0.385. The summed E-state index contributed by atoms with van der Waals surface area (Å²) in [6, 6.07) is 7.36. The predicted molar refractivity (Wildman–Crippen MR) is 65.3 cm³/mol. The van der Waals surface area contributed by atoms with Gasteiger partial charge in [0.2, 0.25) is 5.91 Å². The van der Waals surface area contributed by atoms with Crippen molar-refractivity contribution in [2.24, 2.45) is 16.1 Å². The topological polar surface area (TPSA) is 62.1 Å². The first kappa shape index (κ1) is 11.1.